The molecule has 2 N–H and O–H groups in total. The van der Waals surface area contributed by atoms with E-state index in [2.05, 4.69) is 10.6 Å². The summed E-state index contributed by atoms with van der Waals surface area (Å²) >= 11 is 2.84. The van der Waals surface area contributed by atoms with Crippen molar-refractivity contribution in [2.75, 3.05) is 22.3 Å². The Kier molecular flexibility index (Phi) is 6.54. The lowest BCUT2D eigenvalue weighted by Gasteiger charge is -2.23. The second-order valence-corrected chi connectivity index (χ2v) is 8.93. The lowest BCUT2D eigenvalue weighted by molar-refractivity contribution is -0.119. The van der Waals surface area contributed by atoms with Crippen LogP contribution in [0, 0.1) is 11.3 Å². The number of rotatable bonds is 5. The molecule has 0 spiro atoms. The molecule has 1 aliphatic heterocycles. The quantitative estimate of drug-likeness (QED) is 0.596. The number of carbonyl (C=O) groups is 3. The summed E-state index contributed by atoms with van der Waals surface area (Å²) in [6.45, 7) is 0. The lowest BCUT2D eigenvalue weighted by atomic mass is 10.1. The first-order chi connectivity index (χ1) is 15.5. The van der Waals surface area contributed by atoms with Gasteiger partial charge in [-0.15, -0.1) is 23.1 Å². The van der Waals surface area contributed by atoms with Crippen LogP contribution in [-0.2, 0) is 4.79 Å². The molecule has 1 saturated heterocycles. The number of hydrogen-bond donors (Lipinski definition) is 2. The minimum absolute atomic E-state index is 0.235. The number of nitrogens with zero attached hydrogens (tertiary/aromatic N) is 2. The number of nitrogens with one attached hydrogen (secondary N) is 2. The highest BCUT2D eigenvalue weighted by Crippen LogP contribution is 2.25. The fraction of sp³-hybridized carbons (Fsp3) is 0.130. The molecule has 0 aliphatic carbocycles. The third-order valence-corrected chi connectivity index (χ3v) is 6.72. The third kappa shape index (κ3) is 4.82. The van der Waals surface area contributed by atoms with Gasteiger partial charge in [-0.3, -0.25) is 14.4 Å². The number of anilines is 2. The standard InChI is InChI=1S/C23H18N4O3S2/c24-12-15-6-8-17(9-7-15)25-21(28)19-13-31-14-27(19)23(30)16-3-1-4-18(11-16)26-22(29)20-5-2-10-32-20/h1-11,19H,13-14H2,(H,25,28)(H,26,29). The Bertz CT molecular complexity index is 1190. The van der Waals surface area contributed by atoms with Crippen LogP contribution in [0.1, 0.15) is 25.6 Å². The number of amides is 3. The molecule has 0 bridgehead atoms. The van der Waals surface area contributed by atoms with Gasteiger partial charge >= 0.3 is 0 Å². The average Bonchev–Trinajstić information content (AvgIpc) is 3.52. The number of benzene rings is 2. The van der Waals surface area contributed by atoms with Gasteiger partial charge in [0.1, 0.15) is 6.04 Å². The van der Waals surface area contributed by atoms with Gasteiger partial charge in [-0.2, -0.15) is 5.26 Å². The SMILES string of the molecule is N#Cc1ccc(NC(=O)C2CSCN2C(=O)c2cccc(NC(=O)c3cccs3)c2)cc1. The molecular formula is C23H18N4O3S2. The summed E-state index contributed by atoms with van der Waals surface area (Å²) in [7, 11) is 0. The summed E-state index contributed by atoms with van der Waals surface area (Å²) in [5.41, 5.74) is 1.98. The second-order valence-electron chi connectivity index (χ2n) is 6.98. The topological polar surface area (TPSA) is 102 Å². The van der Waals surface area contributed by atoms with Gasteiger partial charge in [-0.1, -0.05) is 12.1 Å². The molecule has 2 heterocycles. The molecule has 1 aliphatic rings. The van der Waals surface area contributed by atoms with Crippen LogP contribution in [0.15, 0.2) is 66.0 Å². The molecule has 3 aromatic rings. The van der Waals surface area contributed by atoms with Gasteiger partial charge in [0.15, 0.2) is 0 Å². The Hall–Kier alpha value is -3.61. The van der Waals surface area contributed by atoms with Crippen LogP contribution in [0.4, 0.5) is 11.4 Å². The summed E-state index contributed by atoms with van der Waals surface area (Å²) in [5, 5.41) is 16.3. The minimum Gasteiger partial charge on any atom is -0.324 e. The van der Waals surface area contributed by atoms with E-state index in [0.717, 1.165) is 0 Å². The Morgan fingerprint density at radius 2 is 1.81 bits per heavy atom. The minimum atomic E-state index is -0.618. The van der Waals surface area contributed by atoms with E-state index < -0.39 is 6.04 Å². The molecule has 1 fully saturated rings. The maximum atomic E-state index is 13.2. The number of nitriles is 1. The summed E-state index contributed by atoms with van der Waals surface area (Å²) in [4.78, 5) is 40.4. The average molecular weight is 463 g/mol. The van der Waals surface area contributed by atoms with E-state index in [1.54, 1.807) is 60.7 Å². The van der Waals surface area contributed by atoms with Gasteiger partial charge in [0, 0.05) is 22.7 Å². The van der Waals surface area contributed by atoms with E-state index >= 15 is 0 Å². The highest BCUT2D eigenvalue weighted by Gasteiger charge is 2.35. The van der Waals surface area contributed by atoms with Crippen LogP contribution >= 0.6 is 23.1 Å². The zero-order valence-electron chi connectivity index (χ0n) is 16.8. The summed E-state index contributed by atoms with van der Waals surface area (Å²) in [6.07, 6.45) is 0. The number of hydrogen-bond acceptors (Lipinski definition) is 6. The van der Waals surface area contributed by atoms with Crippen molar-refractivity contribution in [3.63, 3.8) is 0 Å². The lowest BCUT2D eigenvalue weighted by Crippen LogP contribution is -2.44. The molecule has 2 aromatic carbocycles. The van der Waals surface area contributed by atoms with Gasteiger partial charge < -0.3 is 15.5 Å². The molecule has 1 unspecified atom stereocenters. The Labute approximate surface area is 193 Å². The predicted octanol–water partition coefficient (Wildman–Crippen LogP) is 4.03. The van der Waals surface area contributed by atoms with Gasteiger partial charge in [-0.25, -0.2) is 0 Å². The molecular weight excluding hydrogens is 444 g/mol. The molecule has 1 atom stereocenters. The second kappa shape index (κ2) is 9.68. The van der Waals surface area contributed by atoms with Crippen LogP contribution < -0.4 is 10.6 Å². The molecule has 7 nitrogen and oxygen atoms in total. The van der Waals surface area contributed by atoms with E-state index in [1.807, 2.05) is 11.4 Å². The van der Waals surface area contributed by atoms with Crippen molar-refractivity contribution in [1.29, 1.82) is 5.26 Å². The fourth-order valence-electron chi connectivity index (χ4n) is 3.21. The zero-order valence-corrected chi connectivity index (χ0v) is 18.4. The summed E-state index contributed by atoms with van der Waals surface area (Å²) < 4.78 is 0. The molecule has 3 amide bonds. The van der Waals surface area contributed by atoms with E-state index in [1.165, 1.54) is 28.0 Å². The van der Waals surface area contributed by atoms with Crippen molar-refractivity contribution in [1.82, 2.24) is 4.90 Å². The van der Waals surface area contributed by atoms with Crippen LogP contribution in [0.2, 0.25) is 0 Å². The smallest absolute Gasteiger partial charge is 0.265 e. The van der Waals surface area contributed by atoms with Crippen molar-refractivity contribution in [3.05, 3.63) is 82.0 Å². The van der Waals surface area contributed by atoms with E-state index in [9.17, 15) is 14.4 Å². The normalized spacial score (nSPS) is 15.1. The van der Waals surface area contributed by atoms with E-state index in [0.29, 0.717) is 39.0 Å². The largest absolute Gasteiger partial charge is 0.324 e. The summed E-state index contributed by atoms with van der Waals surface area (Å²) in [6, 6.07) is 18.2. The Morgan fingerprint density at radius 3 is 2.53 bits per heavy atom. The third-order valence-electron chi connectivity index (χ3n) is 4.84. The predicted molar refractivity (Wildman–Crippen MR) is 126 cm³/mol. The van der Waals surface area contributed by atoms with E-state index in [-0.39, 0.29) is 17.7 Å². The van der Waals surface area contributed by atoms with Crippen molar-refractivity contribution in [2.24, 2.45) is 0 Å². The van der Waals surface area contributed by atoms with Gasteiger partial charge in [0.05, 0.1) is 22.4 Å². The van der Waals surface area contributed by atoms with Gasteiger partial charge in [-0.05, 0) is 53.9 Å². The molecule has 0 radical (unpaired) electrons. The van der Waals surface area contributed by atoms with Crippen LogP contribution in [-0.4, -0.2) is 40.3 Å². The van der Waals surface area contributed by atoms with Crippen molar-refractivity contribution in [3.8, 4) is 6.07 Å². The van der Waals surface area contributed by atoms with Gasteiger partial charge in [0.25, 0.3) is 11.8 Å². The molecule has 1 aromatic heterocycles. The van der Waals surface area contributed by atoms with E-state index in [4.69, 9.17) is 5.26 Å². The summed E-state index contributed by atoms with van der Waals surface area (Å²) in [5.74, 6) is 0.0945. The maximum Gasteiger partial charge on any atom is 0.265 e. The monoisotopic (exact) mass is 462 g/mol. The fourth-order valence-corrected chi connectivity index (χ4v) is 4.98. The highest BCUT2D eigenvalue weighted by atomic mass is 32.2. The van der Waals surface area contributed by atoms with Crippen LogP contribution in [0.25, 0.3) is 0 Å². The Balaban J connectivity index is 1.45. The number of carbonyl (C=O) groups excluding carboxylic acids is 3. The zero-order chi connectivity index (χ0) is 22.5. The van der Waals surface area contributed by atoms with Crippen LogP contribution in [0.5, 0.6) is 0 Å². The van der Waals surface area contributed by atoms with Crippen molar-refractivity contribution in [2.45, 2.75) is 6.04 Å². The van der Waals surface area contributed by atoms with Crippen molar-refractivity contribution >= 4 is 52.2 Å². The molecule has 32 heavy (non-hydrogen) atoms. The molecule has 9 heteroatoms. The number of thiophene rings is 1. The first-order valence-electron chi connectivity index (χ1n) is 9.70. The first kappa shape index (κ1) is 21.6. The maximum absolute atomic E-state index is 13.2. The molecule has 160 valence electrons. The van der Waals surface area contributed by atoms with Crippen LogP contribution in [0.3, 0.4) is 0 Å². The molecule has 4 rings (SSSR count). The van der Waals surface area contributed by atoms with Gasteiger partial charge in [0.2, 0.25) is 5.91 Å². The van der Waals surface area contributed by atoms with Crippen molar-refractivity contribution < 1.29 is 14.4 Å². The number of thioether (sulfide) groups is 1. The first-order valence-corrected chi connectivity index (χ1v) is 11.7. The highest BCUT2D eigenvalue weighted by molar-refractivity contribution is 7.99. The Morgan fingerprint density at radius 1 is 1.00 bits per heavy atom. The molecule has 0 saturated carbocycles.